The Balaban J connectivity index is 2.36. The van der Waals surface area contributed by atoms with Gasteiger partial charge in [0.2, 0.25) is 5.52 Å². The van der Waals surface area contributed by atoms with Crippen LogP contribution in [0.1, 0.15) is 0 Å². The SMILES string of the molecule is COC(=O)C[n+]1c[nH]c2c(NC(=O)OC)ncnc21. The van der Waals surface area contributed by atoms with E-state index in [0.717, 1.165) is 0 Å². The summed E-state index contributed by atoms with van der Waals surface area (Å²) in [4.78, 5) is 33.3. The summed E-state index contributed by atoms with van der Waals surface area (Å²) >= 11 is 0. The first-order chi connectivity index (χ1) is 9.15. The maximum absolute atomic E-state index is 11.2. The van der Waals surface area contributed by atoms with Gasteiger partial charge in [0.15, 0.2) is 25.0 Å². The van der Waals surface area contributed by atoms with Crippen LogP contribution in [0, 0.1) is 0 Å². The lowest BCUT2D eigenvalue weighted by atomic mass is 10.5. The van der Waals surface area contributed by atoms with Crippen LogP contribution in [-0.4, -0.2) is 41.2 Å². The van der Waals surface area contributed by atoms with Gasteiger partial charge >= 0.3 is 17.7 Å². The maximum atomic E-state index is 11.2. The number of aromatic amines is 1. The molecule has 0 atom stereocenters. The number of hydrogen-bond acceptors (Lipinski definition) is 6. The molecule has 2 heterocycles. The van der Waals surface area contributed by atoms with E-state index in [9.17, 15) is 9.59 Å². The van der Waals surface area contributed by atoms with E-state index in [1.807, 2.05) is 0 Å². The standard InChI is InChI=1S/C10H11N5O4/c1-18-6(16)3-15-5-13-7-8(14-10(17)19-2)11-4-12-9(7)15/h4-5H,3H2,1-2H3,(H,11,12,14,17)/p+1. The monoisotopic (exact) mass is 266 g/mol. The second-order valence-electron chi connectivity index (χ2n) is 3.51. The van der Waals surface area contributed by atoms with Crippen LogP contribution in [-0.2, 0) is 20.8 Å². The van der Waals surface area contributed by atoms with E-state index in [2.05, 4.69) is 29.7 Å². The number of anilines is 1. The Hall–Kier alpha value is -2.71. The van der Waals surface area contributed by atoms with Crippen molar-refractivity contribution in [3.8, 4) is 0 Å². The van der Waals surface area contributed by atoms with E-state index in [1.54, 1.807) is 10.9 Å². The third-order valence-electron chi connectivity index (χ3n) is 2.40. The van der Waals surface area contributed by atoms with Crippen LogP contribution in [0.25, 0.3) is 11.2 Å². The predicted molar refractivity (Wildman–Crippen MR) is 62.1 cm³/mol. The highest BCUT2D eigenvalue weighted by atomic mass is 16.5. The summed E-state index contributed by atoms with van der Waals surface area (Å²) in [5, 5.41) is 2.44. The summed E-state index contributed by atoms with van der Waals surface area (Å²) in [5.74, 6) is -0.146. The highest BCUT2D eigenvalue weighted by molar-refractivity contribution is 5.92. The van der Waals surface area contributed by atoms with Gasteiger partial charge in [-0.2, -0.15) is 4.98 Å². The molecule has 0 radical (unpaired) electrons. The minimum atomic E-state index is -0.644. The summed E-state index contributed by atoms with van der Waals surface area (Å²) < 4.78 is 10.6. The molecule has 2 aromatic rings. The van der Waals surface area contributed by atoms with Crippen LogP contribution in [0.2, 0.25) is 0 Å². The number of fused-ring (bicyclic) bond motifs is 1. The number of hydrogen-bond donors (Lipinski definition) is 2. The summed E-state index contributed by atoms with van der Waals surface area (Å²) in [5.41, 5.74) is 0.948. The Morgan fingerprint density at radius 1 is 1.37 bits per heavy atom. The highest BCUT2D eigenvalue weighted by Gasteiger charge is 2.19. The lowest BCUT2D eigenvalue weighted by Crippen LogP contribution is -2.37. The molecule has 0 aliphatic heterocycles. The van der Waals surface area contributed by atoms with Crippen molar-refractivity contribution >= 4 is 29.0 Å². The first-order valence-electron chi connectivity index (χ1n) is 5.29. The molecule has 2 N–H and O–H groups in total. The van der Waals surface area contributed by atoms with E-state index in [0.29, 0.717) is 11.2 Å². The van der Waals surface area contributed by atoms with Gasteiger partial charge in [0.25, 0.3) is 0 Å². The minimum absolute atomic E-state index is 0.00514. The Labute approximate surface area is 107 Å². The number of nitrogens with zero attached hydrogens (tertiary/aromatic N) is 3. The van der Waals surface area contributed by atoms with E-state index in [4.69, 9.17) is 0 Å². The molecule has 0 spiro atoms. The first-order valence-corrected chi connectivity index (χ1v) is 5.29. The number of esters is 1. The molecule has 0 fully saturated rings. The average molecular weight is 266 g/mol. The lowest BCUT2D eigenvalue weighted by Gasteiger charge is -2.00. The zero-order valence-corrected chi connectivity index (χ0v) is 10.3. The second-order valence-corrected chi connectivity index (χ2v) is 3.51. The maximum Gasteiger partial charge on any atom is 0.412 e. The van der Waals surface area contributed by atoms with Crippen LogP contribution in [0.4, 0.5) is 10.6 Å². The van der Waals surface area contributed by atoms with Crippen molar-refractivity contribution in [1.82, 2.24) is 15.0 Å². The van der Waals surface area contributed by atoms with Gasteiger partial charge in [-0.1, -0.05) is 4.98 Å². The molecule has 19 heavy (non-hydrogen) atoms. The van der Waals surface area contributed by atoms with Crippen LogP contribution < -0.4 is 9.88 Å². The molecule has 9 heteroatoms. The molecular weight excluding hydrogens is 254 g/mol. The highest BCUT2D eigenvalue weighted by Crippen LogP contribution is 2.13. The molecule has 0 saturated carbocycles. The van der Waals surface area contributed by atoms with Crippen LogP contribution >= 0.6 is 0 Å². The molecule has 2 rings (SSSR count). The van der Waals surface area contributed by atoms with Gasteiger partial charge in [0, 0.05) is 0 Å². The van der Waals surface area contributed by atoms with Crippen LogP contribution in [0.3, 0.4) is 0 Å². The van der Waals surface area contributed by atoms with Crippen LogP contribution in [0.5, 0.6) is 0 Å². The van der Waals surface area contributed by atoms with Crippen molar-refractivity contribution in [2.75, 3.05) is 19.5 Å². The number of ether oxygens (including phenoxy) is 2. The Kier molecular flexibility index (Phi) is 3.55. The number of amides is 1. The minimum Gasteiger partial charge on any atom is -0.467 e. The molecule has 0 bridgehead atoms. The van der Waals surface area contributed by atoms with Crippen molar-refractivity contribution in [2.24, 2.45) is 0 Å². The van der Waals surface area contributed by atoms with Gasteiger partial charge < -0.3 is 9.47 Å². The third-order valence-corrected chi connectivity index (χ3v) is 2.40. The molecular formula is C10H12N5O4+. The number of aromatic nitrogens is 4. The topological polar surface area (TPSA) is 110 Å². The fourth-order valence-electron chi connectivity index (χ4n) is 1.50. The van der Waals surface area contributed by atoms with E-state index >= 15 is 0 Å². The average Bonchev–Trinajstić information content (AvgIpc) is 2.83. The largest absolute Gasteiger partial charge is 0.467 e. The first kappa shape index (κ1) is 12.7. The Morgan fingerprint density at radius 2 is 2.16 bits per heavy atom. The molecule has 0 aromatic carbocycles. The van der Waals surface area contributed by atoms with Crippen molar-refractivity contribution < 1.29 is 23.6 Å². The summed E-state index contributed by atoms with van der Waals surface area (Å²) in [6.07, 6.45) is 2.17. The summed E-state index contributed by atoms with van der Waals surface area (Å²) in [7, 11) is 2.55. The summed E-state index contributed by atoms with van der Waals surface area (Å²) in [6, 6.07) is 0. The number of nitrogens with one attached hydrogen (secondary N) is 2. The van der Waals surface area contributed by atoms with Crippen molar-refractivity contribution in [3.05, 3.63) is 12.7 Å². The van der Waals surface area contributed by atoms with E-state index in [1.165, 1.54) is 20.5 Å². The zero-order chi connectivity index (χ0) is 13.8. The molecule has 0 saturated heterocycles. The van der Waals surface area contributed by atoms with Gasteiger partial charge in [0.1, 0.15) is 0 Å². The quantitative estimate of drug-likeness (QED) is 0.577. The second kappa shape index (κ2) is 5.29. The van der Waals surface area contributed by atoms with Gasteiger partial charge in [-0.3, -0.25) is 10.3 Å². The number of rotatable bonds is 3. The van der Waals surface area contributed by atoms with Crippen molar-refractivity contribution in [3.63, 3.8) is 0 Å². The molecule has 0 aliphatic carbocycles. The van der Waals surface area contributed by atoms with Gasteiger partial charge in [0.05, 0.1) is 14.2 Å². The molecule has 1 amide bonds. The zero-order valence-electron chi connectivity index (χ0n) is 10.3. The number of H-pyrrole nitrogens is 1. The third kappa shape index (κ3) is 2.59. The van der Waals surface area contributed by atoms with E-state index < -0.39 is 12.1 Å². The summed E-state index contributed by atoms with van der Waals surface area (Å²) in [6.45, 7) is 0.00514. The molecule has 9 nitrogen and oxygen atoms in total. The molecule has 0 unspecified atom stereocenters. The van der Waals surface area contributed by atoms with Crippen molar-refractivity contribution in [1.29, 1.82) is 0 Å². The smallest absolute Gasteiger partial charge is 0.412 e. The predicted octanol–water partition coefficient (Wildman–Crippen LogP) is -0.403. The Morgan fingerprint density at radius 3 is 2.84 bits per heavy atom. The molecule has 100 valence electrons. The lowest BCUT2D eigenvalue weighted by molar-refractivity contribution is -0.661. The number of carbonyl (C=O) groups is 2. The number of imidazole rings is 1. The fourth-order valence-corrected chi connectivity index (χ4v) is 1.50. The fraction of sp³-hybridized carbons (Fsp3) is 0.300. The van der Waals surface area contributed by atoms with E-state index in [-0.39, 0.29) is 12.4 Å². The number of methoxy groups -OCH3 is 2. The van der Waals surface area contributed by atoms with Gasteiger partial charge in [-0.25, -0.2) is 14.2 Å². The van der Waals surface area contributed by atoms with Crippen molar-refractivity contribution in [2.45, 2.75) is 6.54 Å². The normalized spacial score (nSPS) is 10.2. The van der Waals surface area contributed by atoms with Gasteiger partial charge in [-0.05, 0) is 0 Å². The molecule has 0 aliphatic rings. The number of carbonyl (C=O) groups excluding carboxylic acids is 2. The van der Waals surface area contributed by atoms with Crippen LogP contribution in [0.15, 0.2) is 12.7 Å². The van der Waals surface area contributed by atoms with Gasteiger partial charge in [-0.15, -0.1) is 0 Å². The molecule has 2 aromatic heterocycles. The Bertz CT molecular complexity index is 623.